The maximum Gasteiger partial charge on any atom is 0.226 e. The molecular weight excluding hydrogens is 340 g/mol. The smallest absolute Gasteiger partial charge is 0.226 e. The van der Waals surface area contributed by atoms with Crippen molar-refractivity contribution in [2.24, 2.45) is 13.0 Å². The lowest BCUT2D eigenvalue weighted by molar-refractivity contribution is -0.535. The molecule has 5 nitrogen and oxygen atoms in total. The zero-order chi connectivity index (χ0) is 19.3. The van der Waals surface area contributed by atoms with Gasteiger partial charge in [-0.15, -0.1) is 0 Å². The molecule has 0 unspecified atom stereocenters. The molecule has 0 amide bonds. The predicted octanol–water partition coefficient (Wildman–Crippen LogP) is 4.46. The Balaban J connectivity index is 2.03. The van der Waals surface area contributed by atoms with Crippen LogP contribution < -0.4 is 4.74 Å². The second-order valence-electron chi connectivity index (χ2n) is 7.60. The van der Waals surface area contributed by atoms with Gasteiger partial charge in [0, 0.05) is 34.5 Å². The van der Waals surface area contributed by atoms with Crippen LogP contribution in [0.2, 0.25) is 0 Å². The summed E-state index contributed by atoms with van der Waals surface area (Å²) in [5.74, 6) is 0.451. The van der Waals surface area contributed by atoms with E-state index < -0.39 is 6.04 Å². The average Bonchev–Trinajstić information content (AvgIpc) is 2.94. The quantitative estimate of drug-likeness (QED) is 0.509. The molecule has 140 valence electrons. The molecule has 0 aliphatic heterocycles. The number of aromatic nitrogens is 1. The number of nitro groups is 1. The Morgan fingerprint density at radius 2 is 1.89 bits per heavy atom. The van der Waals surface area contributed by atoms with Gasteiger partial charge in [0.25, 0.3) is 0 Å². The monoisotopic (exact) mass is 364 g/mol. The molecule has 2 aromatic carbocycles. The Kier molecular flexibility index (Phi) is 4.17. The number of methoxy groups -OCH3 is 1. The first kappa shape index (κ1) is 17.6. The van der Waals surface area contributed by atoms with E-state index in [1.807, 2.05) is 31.2 Å². The van der Waals surface area contributed by atoms with E-state index in [4.69, 9.17) is 4.74 Å². The Morgan fingerprint density at radius 1 is 1.19 bits per heavy atom. The van der Waals surface area contributed by atoms with Crippen molar-refractivity contribution in [3.8, 4) is 5.75 Å². The fourth-order valence-electron chi connectivity index (χ4n) is 4.76. The van der Waals surface area contributed by atoms with Gasteiger partial charge in [0.15, 0.2) is 0 Å². The summed E-state index contributed by atoms with van der Waals surface area (Å²) in [5, 5.41) is 13.2. The first-order valence-corrected chi connectivity index (χ1v) is 9.28. The maximum absolute atomic E-state index is 12.1. The standard InChI is InChI=1S/C22H24N2O3/c1-13-6-5-7-17-19(13)21-18(23(17)3)12-14(2)22(24(25)26)20(21)15-8-10-16(27-4)11-9-15/h5-11,14,20,22H,12H2,1-4H3/t14-,20+,22-/m0/s1. The fraction of sp³-hybridized carbons (Fsp3) is 0.364. The molecule has 5 heteroatoms. The molecule has 1 aromatic heterocycles. The zero-order valence-electron chi connectivity index (χ0n) is 16.1. The predicted molar refractivity (Wildman–Crippen MR) is 106 cm³/mol. The van der Waals surface area contributed by atoms with Crippen LogP contribution in [0, 0.1) is 23.0 Å². The maximum atomic E-state index is 12.1. The summed E-state index contributed by atoms with van der Waals surface area (Å²) in [5.41, 5.74) is 5.62. The minimum atomic E-state index is -0.642. The molecule has 1 heterocycles. The molecule has 0 bridgehead atoms. The van der Waals surface area contributed by atoms with E-state index in [2.05, 4.69) is 36.7 Å². The highest BCUT2D eigenvalue weighted by Gasteiger charge is 2.46. The molecule has 4 rings (SSSR count). The van der Waals surface area contributed by atoms with E-state index in [0.717, 1.165) is 34.2 Å². The van der Waals surface area contributed by atoms with Crippen molar-refractivity contribution in [1.29, 1.82) is 0 Å². The number of aryl methyl sites for hydroxylation is 2. The first-order chi connectivity index (χ1) is 12.9. The Morgan fingerprint density at radius 3 is 2.52 bits per heavy atom. The summed E-state index contributed by atoms with van der Waals surface area (Å²) >= 11 is 0. The molecule has 0 saturated heterocycles. The summed E-state index contributed by atoms with van der Waals surface area (Å²) in [7, 11) is 3.70. The zero-order valence-corrected chi connectivity index (χ0v) is 16.1. The Labute approximate surface area is 158 Å². The van der Waals surface area contributed by atoms with E-state index in [1.54, 1.807) is 7.11 Å². The summed E-state index contributed by atoms with van der Waals surface area (Å²) in [6.45, 7) is 4.09. The minimum Gasteiger partial charge on any atom is -0.497 e. The molecule has 0 radical (unpaired) electrons. The second kappa shape index (κ2) is 6.41. The van der Waals surface area contributed by atoms with Crippen molar-refractivity contribution in [2.75, 3.05) is 7.11 Å². The SMILES string of the molecule is COc1ccc([C@@H]2c3c(n(C)c4cccc(C)c34)C[C@H](C)[C@@H]2[N+](=O)[O-])cc1. The van der Waals surface area contributed by atoms with Crippen LogP contribution in [0.1, 0.15) is 35.2 Å². The van der Waals surface area contributed by atoms with Crippen LogP contribution >= 0.6 is 0 Å². The van der Waals surface area contributed by atoms with Crippen molar-refractivity contribution >= 4 is 10.9 Å². The molecule has 0 fully saturated rings. The highest BCUT2D eigenvalue weighted by molar-refractivity contribution is 5.90. The van der Waals surface area contributed by atoms with Crippen molar-refractivity contribution in [1.82, 2.24) is 4.57 Å². The van der Waals surface area contributed by atoms with Crippen LogP contribution in [0.5, 0.6) is 5.75 Å². The lowest BCUT2D eigenvalue weighted by Crippen LogP contribution is -2.39. The van der Waals surface area contributed by atoms with Crippen LogP contribution in [0.15, 0.2) is 42.5 Å². The normalized spacial score (nSPS) is 21.9. The van der Waals surface area contributed by atoms with Gasteiger partial charge in [-0.1, -0.05) is 31.2 Å². The van der Waals surface area contributed by atoms with E-state index in [-0.39, 0.29) is 16.8 Å². The molecule has 0 N–H and O–H groups in total. The summed E-state index contributed by atoms with van der Waals surface area (Å²) in [6.07, 6.45) is 0.720. The van der Waals surface area contributed by atoms with Gasteiger partial charge in [-0.25, -0.2) is 0 Å². The molecule has 0 spiro atoms. The first-order valence-electron chi connectivity index (χ1n) is 9.28. The van der Waals surface area contributed by atoms with Gasteiger partial charge in [-0.05, 0) is 48.2 Å². The average molecular weight is 364 g/mol. The molecule has 0 saturated carbocycles. The molecule has 1 aliphatic rings. The van der Waals surface area contributed by atoms with Gasteiger partial charge in [-0.3, -0.25) is 10.1 Å². The molecule has 3 atom stereocenters. The number of hydrogen-bond donors (Lipinski definition) is 0. The van der Waals surface area contributed by atoms with Crippen LogP contribution in [-0.4, -0.2) is 22.6 Å². The van der Waals surface area contributed by atoms with Crippen LogP contribution in [-0.2, 0) is 13.5 Å². The van der Waals surface area contributed by atoms with Crippen molar-refractivity contribution in [2.45, 2.75) is 32.2 Å². The number of benzene rings is 2. The molecule has 3 aromatic rings. The third kappa shape index (κ3) is 2.60. The highest BCUT2D eigenvalue weighted by atomic mass is 16.6. The van der Waals surface area contributed by atoms with Gasteiger partial charge >= 0.3 is 0 Å². The van der Waals surface area contributed by atoms with Gasteiger partial charge in [-0.2, -0.15) is 0 Å². The number of rotatable bonds is 3. The van der Waals surface area contributed by atoms with E-state index in [0.29, 0.717) is 0 Å². The number of nitrogens with zero attached hydrogens (tertiary/aromatic N) is 2. The third-order valence-corrected chi connectivity index (χ3v) is 6.07. The van der Waals surface area contributed by atoms with Crippen LogP contribution in [0.3, 0.4) is 0 Å². The van der Waals surface area contributed by atoms with Crippen LogP contribution in [0.25, 0.3) is 10.9 Å². The fourth-order valence-corrected chi connectivity index (χ4v) is 4.76. The van der Waals surface area contributed by atoms with Gasteiger partial charge in [0.05, 0.1) is 13.0 Å². The molecule has 27 heavy (non-hydrogen) atoms. The topological polar surface area (TPSA) is 57.3 Å². The summed E-state index contributed by atoms with van der Waals surface area (Å²) < 4.78 is 7.50. The van der Waals surface area contributed by atoms with Gasteiger partial charge in [0.2, 0.25) is 6.04 Å². The number of hydrogen-bond acceptors (Lipinski definition) is 3. The van der Waals surface area contributed by atoms with E-state index in [1.165, 1.54) is 11.3 Å². The van der Waals surface area contributed by atoms with Gasteiger partial charge < -0.3 is 9.30 Å². The summed E-state index contributed by atoms with van der Waals surface area (Å²) in [6, 6.07) is 13.3. The van der Waals surface area contributed by atoms with Crippen molar-refractivity contribution in [3.05, 3.63) is 75.0 Å². The van der Waals surface area contributed by atoms with Crippen molar-refractivity contribution in [3.63, 3.8) is 0 Å². The Hall–Kier alpha value is -2.82. The summed E-state index contributed by atoms with van der Waals surface area (Å²) in [4.78, 5) is 12.0. The minimum absolute atomic E-state index is 0.0390. The lowest BCUT2D eigenvalue weighted by atomic mass is 9.72. The number of ether oxygens (including phenoxy) is 1. The third-order valence-electron chi connectivity index (χ3n) is 6.07. The number of fused-ring (bicyclic) bond motifs is 3. The van der Waals surface area contributed by atoms with Gasteiger partial charge in [0.1, 0.15) is 5.75 Å². The largest absolute Gasteiger partial charge is 0.497 e. The van der Waals surface area contributed by atoms with E-state index in [9.17, 15) is 10.1 Å². The Bertz CT molecular complexity index is 1020. The van der Waals surface area contributed by atoms with Crippen LogP contribution in [0.4, 0.5) is 0 Å². The lowest BCUT2D eigenvalue weighted by Gasteiger charge is -2.32. The highest BCUT2D eigenvalue weighted by Crippen LogP contribution is 2.46. The molecular formula is C22H24N2O3. The molecule has 1 aliphatic carbocycles. The van der Waals surface area contributed by atoms with E-state index >= 15 is 0 Å². The second-order valence-corrected chi connectivity index (χ2v) is 7.60. The van der Waals surface area contributed by atoms with Crippen molar-refractivity contribution < 1.29 is 9.66 Å².